The van der Waals surface area contributed by atoms with Gasteiger partial charge in [0.2, 0.25) is 0 Å². The predicted molar refractivity (Wildman–Crippen MR) is 63.4 cm³/mol. The molecule has 0 aliphatic heterocycles. The van der Waals surface area contributed by atoms with Gasteiger partial charge in [0.15, 0.2) is 5.58 Å². The van der Waals surface area contributed by atoms with Gasteiger partial charge in [-0.2, -0.15) is 4.98 Å². The second-order valence-corrected chi connectivity index (χ2v) is 3.53. The molecule has 0 radical (unpaired) electrons. The van der Waals surface area contributed by atoms with Gasteiger partial charge in [0, 0.05) is 18.8 Å². The number of anilines is 2. The minimum absolute atomic E-state index is 0.0781. The molecule has 1 aromatic carbocycles. The third-order valence-corrected chi connectivity index (χ3v) is 2.42. The van der Waals surface area contributed by atoms with Crippen LogP contribution in [0.5, 0.6) is 0 Å². The van der Waals surface area contributed by atoms with Crippen LogP contribution in [-0.2, 0) is 0 Å². The van der Waals surface area contributed by atoms with Crippen molar-refractivity contribution >= 4 is 22.8 Å². The molecular formula is C11H15N3O2. The fourth-order valence-corrected chi connectivity index (χ4v) is 1.58. The second kappa shape index (κ2) is 4.40. The van der Waals surface area contributed by atoms with E-state index in [1.54, 1.807) is 18.2 Å². The molecule has 0 saturated heterocycles. The second-order valence-electron chi connectivity index (χ2n) is 3.53. The smallest absolute Gasteiger partial charge is 0.298 e. The van der Waals surface area contributed by atoms with Gasteiger partial charge in [0.25, 0.3) is 6.01 Å². The number of fused-ring (bicyclic) bond motifs is 1. The molecule has 0 saturated carbocycles. The first-order chi connectivity index (χ1) is 7.74. The molecule has 5 nitrogen and oxygen atoms in total. The maximum absolute atomic E-state index is 8.92. The summed E-state index contributed by atoms with van der Waals surface area (Å²) < 4.78 is 5.58. The third kappa shape index (κ3) is 1.94. The zero-order valence-electron chi connectivity index (χ0n) is 9.18. The first-order valence-electron chi connectivity index (χ1n) is 5.26. The van der Waals surface area contributed by atoms with Gasteiger partial charge in [-0.3, -0.25) is 0 Å². The summed E-state index contributed by atoms with van der Waals surface area (Å²) >= 11 is 0. The number of hydrogen-bond acceptors (Lipinski definition) is 5. The number of benzene rings is 1. The van der Waals surface area contributed by atoms with Crippen molar-refractivity contribution in [1.29, 1.82) is 0 Å². The lowest BCUT2D eigenvalue weighted by Gasteiger charge is -2.16. The summed E-state index contributed by atoms with van der Waals surface area (Å²) in [7, 11) is 0. The van der Waals surface area contributed by atoms with Gasteiger partial charge in [0.1, 0.15) is 5.52 Å². The topological polar surface area (TPSA) is 75.5 Å². The summed E-state index contributed by atoms with van der Waals surface area (Å²) in [6.07, 6.45) is 0. The van der Waals surface area contributed by atoms with E-state index < -0.39 is 0 Å². The molecule has 0 bridgehead atoms. The highest BCUT2D eigenvalue weighted by Gasteiger charge is 2.11. The molecule has 5 heteroatoms. The fourth-order valence-electron chi connectivity index (χ4n) is 1.58. The van der Waals surface area contributed by atoms with E-state index in [-0.39, 0.29) is 6.61 Å². The highest BCUT2D eigenvalue weighted by atomic mass is 16.4. The number of hydrogen-bond donors (Lipinski definition) is 2. The lowest BCUT2D eigenvalue weighted by atomic mass is 10.3. The number of nitrogens with two attached hydrogens (primary N) is 1. The number of aliphatic hydroxyl groups is 1. The Morgan fingerprint density at radius 3 is 3.00 bits per heavy atom. The van der Waals surface area contributed by atoms with Crippen LogP contribution in [0.25, 0.3) is 11.1 Å². The Hall–Kier alpha value is -1.75. The highest BCUT2D eigenvalue weighted by Crippen LogP contribution is 2.23. The Balaban J connectivity index is 2.37. The number of nitrogens with zero attached hydrogens (tertiary/aromatic N) is 2. The lowest BCUT2D eigenvalue weighted by Crippen LogP contribution is -2.26. The average molecular weight is 221 g/mol. The Labute approximate surface area is 93.5 Å². The average Bonchev–Trinajstić information content (AvgIpc) is 2.68. The molecule has 0 fully saturated rings. The van der Waals surface area contributed by atoms with Gasteiger partial charge in [-0.05, 0) is 25.1 Å². The van der Waals surface area contributed by atoms with Crippen molar-refractivity contribution in [3.05, 3.63) is 18.2 Å². The minimum atomic E-state index is 0.0781. The largest absolute Gasteiger partial charge is 0.423 e. The van der Waals surface area contributed by atoms with Crippen LogP contribution >= 0.6 is 0 Å². The highest BCUT2D eigenvalue weighted by molar-refractivity contribution is 5.78. The van der Waals surface area contributed by atoms with Crippen molar-refractivity contribution in [1.82, 2.24) is 4.98 Å². The van der Waals surface area contributed by atoms with Gasteiger partial charge >= 0.3 is 0 Å². The molecule has 16 heavy (non-hydrogen) atoms. The van der Waals surface area contributed by atoms with Gasteiger partial charge in [-0.15, -0.1) is 0 Å². The van der Waals surface area contributed by atoms with Crippen LogP contribution < -0.4 is 10.6 Å². The van der Waals surface area contributed by atoms with Gasteiger partial charge in [0.05, 0.1) is 6.61 Å². The molecule has 0 atom stereocenters. The summed E-state index contributed by atoms with van der Waals surface area (Å²) in [5.41, 5.74) is 7.78. The number of aliphatic hydroxyl groups excluding tert-OH is 1. The first kappa shape index (κ1) is 10.8. The molecular weight excluding hydrogens is 206 g/mol. The summed E-state index contributed by atoms with van der Waals surface area (Å²) in [5, 5.41) is 8.92. The maximum Gasteiger partial charge on any atom is 0.298 e. The van der Waals surface area contributed by atoms with E-state index in [0.717, 1.165) is 12.1 Å². The predicted octanol–water partition coefficient (Wildman–Crippen LogP) is 1.23. The molecule has 0 amide bonds. The molecule has 86 valence electrons. The summed E-state index contributed by atoms with van der Waals surface area (Å²) in [5.74, 6) is 0. The van der Waals surface area contributed by atoms with Crippen LogP contribution in [0, 0.1) is 0 Å². The van der Waals surface area contributed by atoms with Crippen LogP contribution in [-0.4, -0.2) is 29.8 Å². The summed E-state index contributed by atoms with van der Waals surface area (Å²) in [6, 6.07) is 5.88. The van der Waals surface area contributed by atoms with Gasteiger partial charge < -0.3 is 20.2 Å². The summed E-state index contributed by atoms with van der Waals surface area (Å²) in [6.45, 7) is 3.31. The van der Waals surface area contributed by atoms with E-state index in [0.29, 0.717) is 23.8 Å². The lowest BCUT2D eigenvalue weighted by molar-refractivity contribution is 0.299. The Kier molecular flexibility index (Phi) is 2.96. The zero-order valence-corrected chi connectivity index (χ0v) is 9.18. The Morgan fingerprint density at radius 1 is 1.50 bits per heavy atom. The Morgan fingerprint density at radius 2 is 2.31 bits per heavy atom. The zero-order chi connectivity index (χ0) is 11.5. The van der Waals surface area contributed by atoms with Gasteiger partial charge in [-0.1, -0.05) is 0 Å². The van der Waals surface area contributed by atoms with Crippen molar-refractivity contribution in [2.24, 2.45) is 0 Å². The van der Waals surface area contributed by atoms with E-state index in [1.807, 2.05) is 11.8 Å². The van der Waals surface area contributed by atoms with Gasteiger partial charge in [-0.25, -0.2) is 0 Å². The number of rotatable bonds is 4. The van der Waals surface area contributed by atoms with Crippen LogP contribution in [0.2, 0.25) is 0 Å². The van der Waals surface area contributed by atoms with Crippen LogP contribution in [0.3, 0.4) is 0 Å². The molecule has 0 unspecified atom stereocenters. The standard InChI is InChI=1S/C11H15N3O2/c1-2-14(5-6-15)11-13-9-7-8(12)3-4-10(9)16-11/h3-4,7,15H,2,5-6,12H2,1H3. The van der Waals surface area contributed by atoms with Crippen molar-refractivity contribution < 1.29 is 9.52 Å². The minimum Gasteiger partial charge on any atom is -0.423 e. The fraction of sp³-hybridized carbons (Fsp3) is 0.364. The molecule has 2 aromatic rings. The third-order valence-electron chi connectivity index (χ3n) is 2.42. The molecule has 0 spiro atoms. The van der Waals surface area contributed by atoms with Crippen LogP contribution in [0.1, 0.15) is 6.92 Å². The summed E-state index contributed by atoms with van der Waals surface area (Å²) in [4.78, 5) is 6.20. The number of aromatic nitrogens is 1. The van der Waals surface area contributed by atoms with Crippen molar-refractivity contribution in [2.45, 2.75) is 6.92 Å². The van der Waals surface area contributed by atoms with E-state index in [2.05, 4.69) is 4.98 Å². The molecule has 3 N–H and O–H groups in total. The molecule has 0 aliphatic carbocycles. The van der Waals surface area contributed by atoms with E-state index in [4.69, 9.17) is 15.3 Å². The normalized spacial score (nSPS) is 10.9. The van der Waals surface area contributed by atoms with E-state index in [9.17, 15) is 0 Å². The van der Waals surface area contributed by atoms with Crippen molar-refractivity contribution in [3.63, 3.8) is 0 Å². The molecule has 1 heterocycles. The number of nitrogen functional groups attached to an aromatic ring is 1. The Bertz CT molecular complexity index is 481. The quantitative estimate of drug-likeness (QED) is 0.759. The van der Waals surface area contributed by atoms with Crippen molar-refractivity contribution in [2.75, 3.05) is 30.3 Å². The van der Waals surface area contributed by atoms with Crippen LogP contribution in [0.15, 0.2) is 22.6 Å². The number of oxazole rings is 1. The SMILES string of the molecule is CCN(CCO)c1nc2cc(N)ccc2o1. The van der Waals surface area contributed by atoms with Crippen LogP contribution in [0.4, 0.5) is 11.7 Å². The van der Waals surface area contributed by atoms with E-state index in [1.165, 1.54) is 0 Å². The number of likely N-dealkylation sites (N-methyl/N-ethyl adjacent to an activating group) is 1. The molecule has 0 aliphatic rings. The monoisotopic (exact) mass is 221 g/mol. The van der Waals surface area contributed by atoms with E-state index >= 15 is 0 Å². The maximum atomic E-state index is 8.92. The van der Waals surface area contributed by atoms with Crippen molar-refractivity contribution in [3.8, 4) is 0 Å². The first-order valence-corrected chi connectivity index (χ1v) is 5.26. The molecule has 1 aromatic heterocycles. The molecule has 2 rings (SSSR count).